The van der Waals surface area contributed by atoms with Crippen molar-refractivity contribution in [2.45, 2.75) is 52.9 Å². The molecule has 1 aliphatic carbocycles. The van der Waals surface area contributed by atoms with E-state index in [9.17, 15) is 4.79 Å². The number of allylic oxidation sites excluding steroid dienone is 1. The molecule has 0 aliphatic heterocycles. The molecule has 0 saturated carbocycles. The first-order chi connectivity index (χ1) is 13.0. The number of amides is 1. The molecule has 0 unspecified atom stereocenters. The summed E-state index contributed by atoms with van der Waals surface area (Å²) in [5.41, 5.74) is 5.88. The fourth-order valence-corrected chi connectivity index (χ4v) is 3.37. The first-order valence-corrected chi connectivity index (χ1v) is 9.67. The number of rotatable bonds is 6. The van der Waals surface area contributed by atoms with E-state index in [0.717, 1.165) is 29.8 Å². The zero-order chi connectivity index (χ0) is 19.2. The van der Waals surface area contributed by atoms with Crippen molar-refractivity contribution in [1.29, 1.82) is 0 Å². The molecule has 0 bridgehead atoms. The van der Waals surface area contributed by atoms with Crippen LogP contribution in [0.3, 0.4) is 0 Å². The van der Waals surface area contributed by atoms with Crippen LogP contribution < -0.4 is 10.6 Å². The molecule has 0 saturated heterocycles. The van der Waals surface area contributed by atoms with Crippen LogP contribution in [0, 0.1) is 20.8 Å². The lowest BCUT2D eigenvalue weighted by atomic mass is 9.97. The molecule has 27 heavy (non-hydrogen) atoms. The maximum Gasteiger partial charge on any atom is 0.270 e. The van der Waals surface area contributed by atoms with Gasteiger partial charge in [0.1, 0.15) is 5.69 Å². The van der Waals surface area contributed by atoms with Gasteiger partial charge < -0.3 is 10.6 Å². The van der Waals surface area contributed by atoms with E-state index in [0.29, 0.717) is 18.2 Å². The Hall–Kier alpha value is -2.69. The van der Waals surface area contributed by atoms with Gasteiger partial charge in [-0.1, -0.05) is 29.3 Å². The summed E-state index contributed by atoms with van der Waals surface area (Å²) in [7, 11) is 0. The summed E-state index contributed by atoms with van der Waals surface area (Å²) in [6.45, 7) is 6.62. The minimum absolute atomic E-state index is 0.152. The van der Waals surface area contributed by atoms with Crippen LogP contribution in [0.2, 0.25) is 0 Å². The van der Waals surface area contributed by atoms with Gasteiger partial charge in [0, 0.05) is 17.9 Å². The van der Waals surface area contributed by atoms with E-state index < -0.39 is 0 Å². The third-order valence-corrected chi connectivity index (χ3v) is 4.83. The molecular weight excluding hydrogens is 336 g/mol. The van der Waals surface area contributed by atoms with E-state index in [-0.39, 0.29) is 5.91 Å². The number of hydrogen-bond acceptors (Lipinski definition) is 4. The lowest BCUT2D eigenvalue weighted by Crippen LogP contribution is -2.26. The highest BCUT2D eigenvalue weighted by atomic mass is 16.1. The Morgan fingerprint density at radius 2 is 1.96 bits per heavy atom. The Kier molecular flexibility index (Phi) is 6.22. The van der Waals surface area contributed by atoms with Gasteiger partial charge in [0.25, 0.3) is 5.91 Å². The third-order valence-electron chi connectivity index (χ3n) is 4.83. The van der Waals surface area contributed by atoms with Crippen molar-refractivity contribution in [3.05, 3.63) is 58.4 Å². The number of aromatic nitrogens is 2. The van der Waals surface area contributed by atoms with Gasteiger partial charge in [0.05, 0.1) is 0 Å². The quantitative estimate of drug-likeness (QED) is 0.725. The average molecular weight is 364 g/mol. The molecule has 0 atom stereocenters. The Labute approximate surface area is 161 Å². The van der Waals surface area contributed by atoms with Crippen molar-refractivity contribution < 1.29 is 4.79 Å². The second-order valence-corrected chi connectivity index (χ2v) is 7.28. The SMILES string of the molecule is Cc1ccc(Nc2nc(C)cc(C(=O)NCCC3=CCCCC3)n2)c(C)c1. The smallest absolute Gasteiger partial charge is 0.270 e. The Bertz CT molecular complexity index is 857. The standard InChI is InChI=1S/C22H28N4O/c1-15-9-10-19(16(2)13-15)25-22-24-17(3)14-20(26-22)21(27)23-12-11-18-7-5-4-6-8-18/h7,9-10,13-14H,4-6,8,11-12H2,1-3H3,(H,23,27)(H,24,25,26). The van der Waals surface area contributed by atoms with Crippen LogP contribution in [-0.2, 0) is 0 Å². The summed E-state index contributed by atoms with van der Waals surface area (Å²) in [5, 5.41) is 6.22. The number of carbonyl (C=O) groups excluding carboxylic acids is 1. The number of benzene rings is 1. The van der Waals surface area contributed by atoms with Crippen LogP contribution in [0.5, 0.6) is 0 Å². The monoisotopic (exact) mass is 364 g/mol. The van der Waals surface area contributed by atoms with Crippen molar-refractivity contribution in [1.82, 2.24) is 15.3 Å². The van der Waals surface area contributed by atoms with Crippen molar-refractivity contribution in [2.75, 3.05) is 11.9 Å². The summed E-state index contributed by atoms with van der Waals surface area (Å²) < 4.78 is 0. The Morgan fingerprint density at radius 1 is 1.11 bits per heavy atom. The first kappa shape index (κ1) is 19.1. The van der Waals surface area contributed by atoms with Crippen LogP contribution in [-0.4, -0.2) is 22.4 Å². The molecule has 2 aromatic rings. The molecule has 5 nitrogen and oxygen atoms in total. The van der Waals surface area contributed by atoms with E-state index in [2.05, 4.69) is 39.7 Å². The van der Waals surface area contributed by atoms with Gasteiger partial charge >= 0.3 is 0 Å². The minimum atomic E-state index is -0.152. The van der Waals surface area contributed by atoms with Gasteiger partial charge in [-0.05, 0) is 70.6 Å². The van der Waals surface area contributed by atoms with Gasteiger partial charge in [-0.25, -0.2) is 9.97 Å². The number of anilines is 2. The molecule has 5 heteroatoms. The molecule has 3 rings (SSSR count). The summed E-state index contributed by atoms with van der Waals surface area (Å²) in [6, 6.07) is 7.88. The van der Waals surface area contributed by atoms with Gasteiger partial charge in [-0.3, -0.25) is 4.79 Å². The minimum Gasteiger partial charge on any atom is -0.350 e. The average Bonchev–Trinajstić information content (AvgIpc) is 2.64. The molecular formula is C22H28N4O. The van der Waals surface area contributed by atoms with E-state index >= 15 is 0 Å². The van der Waals surface area contributed by atoms with Gasteiger partial charge in [-0.15, -0.1) is 0 Å². The lowest BCUT2D eigenvalue weighted by molar-refractivity contribution is 0.0949. The van der Waals surface area contributed by atoms with Crippen LogP contribution in [0.25, 0.3) is 0 Å². The van der Waals surface area contributed by atoms with Crippen LogP contribution in [0.15, 0.2) is 35.9 Å². The van der Waals surface area contributed by atoms with Crippen LogP contribution in [0.4, 0.5) is 11.6 Å². The number of carbonyl (C=O) groups is 1. The van der Waals surface area contributed by atoms with E-state index in [1.54, 1.807) is 6.07 Å². The first-order valence-electron chi connectivity index (χ1n) is 9.67. The fourth-order valence-electron chi connectivity index (χ4n) is 3.37. The Morgan fingerprint density at radius 3 is 2.70 bits per heavy atom. The lowest BCUT2D eigenvalue weighted by Gasteiger charge is -2.13. The molecule has 0 radical (unpaired) electrons. The van der Waals surface area contributed by atoms with Crippen LogP contribution in [0.1, 0.15) is 59.4 Å². The van der Waals surface area contributed by atoms with E-state index in [1.165, 1.54) is 30.4 Å². The van der Waals surface area contributed by atoms with Crippen molar-refractivity contribution in [3.63, 3.8) is 0 Å². The van der Waals surface area contributed by atoms with E-state index in [1.807, 2.05) is 26.0 Å². The Balaban J connectivity index is 1.65. The summed E-state index contributed by atoms with van der Waals surface area (Å²) in [4.78, 5) is 21.3. The van der Waals surface area contributed by atoms with Gasteiger partial charge in [0.2, 0.25) is 5.95 Å². The molecule has 1 amide bonds. The summed E-state index contributed by atoms with van der Waals surface area (Å²) >= 11 is 0. The molecule has 142 valence electrons. The normalized spacial score (nSPS) is 13.8. The van der Waals surface area contributed by atoms with Gasteiger partial charge in [-0.2, -0.15) is 0 Å². The van der Waals surface area contributed by atoms with Crippen molar-refractivity contribution in [2.24, 2.45) is 0 Å². The maximum absolute atomic E-state index is 12.5. The topological polar surface area (TPSA) is 66.9 Å². The fraction of sp³-hybridized carbons (Fsp3) is 0.409. The number of hydrogen-bond donors (Lipinski definition) is 2. The highest BCUT2D eigenvalue weighted by Crippen LogP contribution is 2.21. The molecule has 1 aromatic carbocycles. The van der Waals surface area contributed by atoms with E-state index in [4.69, 9.17) is 0 Å². The van der Waals surface area contributed by atoms with Crippen LogP contribution >= 0.6 is 0 Å². The third kappa shape index (κ3) is 5.39. The second-order valence-electron chi connectivity index (χ2n) is 7.28. The highest BCUT2D eigenvalue weighted by molar-refractivity contribution is 5.92. The predicted molar refractivity (Wildman–Crippen MR) is 109 cm³/mol. The molecule has 2 N–H and O–H groups in total. The number of nitrogens with zero attached hydrogens (tertiary/aromatic N) is 2. The molecule has 1 aliphatic rings. The summed E-state index contributed by atoms with van der Waals surface area (Å²) in [6.07, 6.45) is 8.11. The summed E-state index contributed by atoms with van der Waals surface area (Å²) in [5.74, 6) is 0.294. The van der Waals surface area contributed by atoms with Crippen molar-refractivity contribution in [3.8, 4) is 0 Å². The zero-order valence-electron chi connectivity index (χ0n) is 16.4. The molecule has 1 aromatic heterocycles. The molecule has 0 fully saturated rings. The highest BCUT2D eigenvalue weighted by Gasteiger charge is 2.12. The van der Waals surface area contributed by atoms with Crippen molar-refractivity contribution >= 4 is 17.5 Å². The number of nitrogens with one attached hydrogen (secondary N) is 2. The second kappa shape index (κ2) is 8.80. The van der Waals surface area contributed by atoms with Gasteiger partial charge in [0.15, 0.2) is 0 Å². The largest absolute Gasteiger partial charge is 0.350 e. The zero-order valence-corrected chi connectivity index (χ0v) is 16.4. The molecule has 1 heterocycles. The maximum atomic E-state index is 12.5. The number of aryl methyl sites for hydroxylation is 3. The molecule has 0 spiro atoms. The predicted octanol–water partition coefficient (Wildman–Crippen LogP) is 4.77.